The summed E-state index contributed by atoms with van der Waals surface area (Å²) >= 11 is 0. The number of epoxide rings is 1. The van der Waals surface area contributed by atoms with Crippen molar-refractivity contribution >= 4 is 16.1 Å². The molecule has 2 rings (SSSR count). The summed E-state index contributed by atoms with van der Waals surface area (Å²) in [4.78, 5) is 12.0. The summed E-state index contributed by atoms with van der Waals surface area (Å²) in [6.45, 7) is 0.988. The van der Waals surface area contributed by atoms with Crippen molar-refractivity contribution in [2.45, 2.75) is 50.2 Å². The largest absolute Gasteiger partial charge is 0.451 e. The topological polar surface area (TPSA) is 102 Å². The van der Waals surface area contributed by atoms with E-state index in [1.807, 2.05) is 0 Å². The van der Waals surface area contributed by atoms with Gasteiger partial charge in [0.2, 0.25) is 6.10 Å². The minimum absolute atomic E-state index is 0.0432. The van der Waals surface area contributed by atoms with Crippen LogP contribution in [0.3, 0.4) is 0 Å². The average Bonchev–Trinajstić information content (AvgIpc) is 3.26. The van der Waals surface area contributed by atoms with Gasteiger partial charge in [-0.3, -0.25) is 9.35 Å². The van der Waals surface area contributed by atoms with Gasteiger partial charge in [-0.15, -0.1) is 0 Å². The molecule has 140 valence electrons. The molecule has 1 aliphatic heterocycles. The monoisotopic (exact) mass is 376 g/mol. The van der Waals surface area contributed by atoms with E-state index in [4.69, 9.17) is 14.0 Å². The lowest BCUT2D eigenvalue weighted by atomic mass is 9.87. The highest BCUT2D eigenvalue weighted by Crippen LogP contribution is 2.31. The van der Waals surface area contributed by atoms with Crippen molar-refractivity contribution in [2.75, 3.05) is 19.0 Å². The Balaban J connectivity index is 1.90. The zero-order chi connectivity index (χ0) is 18.0. The van der Waals surface area contributed by atoms with Crippen LogP contribution in [0.1, 0.15) is 25.7 Å². The fraction of sp³-hybridized carbons (Fsp3) is 0.923. The summed E-state index contributed by atoms with van der Waals surface area (Å²) < 4.78 is 83.2. The smallest absolute Gasteiger partial charge is 0.426 e. The first-order valence-corrected chi connectivity index (χ1v) is 9.11. The van der Waals surface area contributed by atoms with Crippen LogP contribution in [0, 0.1) is 5.92 Å². The molecule has 1 saturated heterocycles. The Labute approximate surface area is 137 Å². The van der Waals surface area contributed by atoms with Crippen LogP contribution in [0.5, 0.6) is 0 Å². The summed E-state index contributed by atoms with van der Waals surface area (Å²) in [7, 11) is -4.94. The summed E-state index contributed by atoms with van der Waals surface area (Å²) in [6.07, 6.45) is -6.37. The Morgan fingerprint density at radius 1 is 1.33 bits per heavy atom. The quantitative estimate of drug-likeness (QED) is 0.406. The molecule has 1 aliphatic carbocycles. The molecule has 0 bridgehead atoms. The summed E-state index contributed by atoms with van der Waals surface area (Å²) in [5.74, 6) is -3.64. The fourth-order valence-corrected chi connectivity index (χ4v) is 3.18. The molecule has 0 aromatic heterocycles. The van der Waals surface area contributed by atoms with Crippen molar-refractivity contribution in [1.82, 2.24) is 0 Å². The van der Waals surface area contributed by atoms with Crippen LogP contribution in [0.2, 0.25) is 0 Å². The highest BCUT2D eigenvalue weighted by atomic mass is 32.2. The Hall–Kier alpha value is -0.910. The maximum atomic E-state index is 12.8. The van der Waals surface area contributed by atoms with Gasteiger partial charge >= 0.3 is 12.1 Å². The third-order valence-electron chi connectivity index (χ3n) is 3.87. The first-order valence-electron chi connectivity index (χ1n) is 7.50. The van der Waals surface area contributed by atoms with Gasteiger partial charge in [0.25, 0.3) is 10.1 Å². The van der Waals surface area contributed by atoms with Crippen LogP contribution in [0.25, 0.3) is 0 Å². The van der Waals surface area contributed by atoms with E-state index in [0.717, 1.165) is 0 Å². The second-order valence-electron chi connectivity index (χ2n) is 5.99. The van der Waals surface area contributed by atoms with E-state index >= 15 is 0 Å². The van der Waals surface area contributed by atoms with E-state index in [0.29, 0.717) is 32.5 Å². The van der Waals surface area contributed by atoms with Crippen LogP contribution >= 0.6 is 0 Å². The summed E-state index contributed by atoms with van der Waals surface area (Å²) in [5, 5.41) is 0. The molecule has 24 heavy (non-hydrogen) atoms. The number of hydrogen-bond donors (Lipinski definition) is 1. The van der Waals surface area contributed by atoms with Crippen LogP contribution < -0.4 is 0 Å². The van der Waals surface area contributed by atoms with Crippen molar-refractivity contribution in [3.8, 4) is 0 Å². The van der Waals surface area contributed by atoms with Gasteiger partial charge in [0.15, 0.2) is 0 Å². The van der Waals surface area contributed by atoms with E-state index < -0.39 is 40.0 Å². The first-order chi connectivity index (χ1) is 11.0. The lowest BCUT2D eigenvalue weighted by Crippen LogP contribution is -2.41. The van der Waals surface area contributed by atoms with Crippen molar-refractivity contribution in [1.29, 1.82) is 0 Å². The van der Waals surface area contributed by atoms with E-state index in [1.54, 1.807) is 0 Å². The molecular formula is C13H19F3O7S. The van der Waals surface area contributed by atoms with Crippen LogP contribution in [0.15, 0.2) is 0 Å². The third-order valence-corrected chi connectivity index (χ3v) is 4.59. The number of esters is 1. The number of alkyl halides is 3. The van der Waals surface area contributed by atoms with Gasteiger partial charge in [-0.05, 0) is 19.3 Å². The molecule has 0 spiro atoms. The molecule has 0 aromatic rings. The number of halogens is 3. The predicted octanol–water partition coefficient (Wildman–Crippen LogP) is 1.32. The van der Waals surface area contributed by atoms with Gasteiger partial charge in [0, 0.05) is 0 Å². The molecule has 1 heterocycles. The summed E-state index contributed by atoms with van der Waals surface area (Å²) in [5.41, 5.74) is 0. The second-order valence-corrected chi connectivity index (χ2v) is 7.49. The molecule has 7 nitrogen and oxygen atoms in total. The normalized spacial score (nSPS) is 29.1. The van der Waals surface area contributed by atoms with Crippen molar-refractivity contribution in [2.24, 2.45) is 5.92 Å². The molecule has 4 atom stereocenters. The second kappa shape index (κ2) is 7.54. The highest BCUT2D eigenvalue weighted by Gasteiger charge is 2.46. The lowest BCUT2D eigenvalue weighted by Gasteiger charge is -2.29. The van der Waals surface area contributed by atoms with Gasteiger partial charge < -0.3 is 14.2 Å². The van der Waals surface area contributed by atoms with Crippen LogP contribution in [-0.4, -0.2) is 62.4 Å². The Bertz CT molecular complexity index is 544. The molecule has 1 saturated carbocycles. The maximum Gasteiger partial charge on any atom is 0.426 e. The fourth-order valence-electron chi connectivity index (χ4n) is 2.54. The predicted molar refractivity (Wildman–Crippen MR) is 73.8 cm³/mol. The number of ether oxygens (including phenoxy) is 3. The van der Waals surface area contributed by atoms with Gasteiger partial charge in [-0.25, -0.2) is 0 Å². The van der Waals surface area contributed by atoms with Crippen LogP contribution in [0.4, 0.5) is 13.2 Å². The molecule has 11 heteroatoms. The van der Waals surface area contributed by atoms with Crippen molar-refractivity contribution in [3.05, 3.63) is 0 Å². The first kappa shape index (κ1) is 19.4. The Morgan fingerprint density at radius 2 is 2.00 bits per heavy atom. The maximum absolute atomic E-state index is 12.8. The molecule has 0 aromatic carbocycles. The lowest BCUT2D eigenvalue weighted by molar-refractivity contribution is -0.218. The zero-order valence-corrected chi connectivity index (χ0v) is 13.5. The Morgan fingerprint density at radius 3 is 2.54 bits per heavy atom. The van der Waals surface area contributed by atoms with Crippen molar-refractivity contribution < 1.29 is 45.1 Å². The molecule has 4 unspecified atom stereocenters. The molecular weight excluding hydrogens is 357 g/mol. The average molecular weight is 376 g/mol. The number of hydrogen-bond acceptors (Lipinski definition) is 6. The Kier molecular flexibility index (Phi) is 6.10. The van der Waals surface area contributed by atoms with E-state index in [2.05, 4.69) is 4.74 Å². The molecule has 2 aliphatic rings. The molecule has 0 amide bonds. The number of carbonyl (C=O) groups is 1. The summed E-state index contributed by atoms with van der Waals surface area (Å²) in [6, 6.07) is 0. The highest BCUT2D eigenvalue weighted by molar-refractivity contribution is 7.85. The van der Waals surface area contributed by atoms with E-state index in [-0.39, 0.29) is 18.6 Å². The van der Waals surface area contributed by atoms with Gasteiger partial charge in [0.05, 0.1) is 25.2 Å². The van der Waals surface area contributed by atoms with Gasteiger partial charge in [0.1, 0.15) is 11.9 Å². The number of carbonyl (C=O) groups excluding carboxylic acids is 1. The van der Waals surface area contributed by atoms with Crippen LogP contribution in [-0.2, 0) is 29.1 Å². The van der Waals surface area contributed by atoms with Gasteiger partial charge in [-0.2, -0.15) is 21.6 Å². The molecule has 0 radical (unpaired) electrons. The minimum Gasteiger partial charge on any atom is -0.451 e. The molecule has 2 fully saturated rings. The third kappa shape index (κ3) is 6.54. The standard InChI is InChI=1S/C13H19F3O7S/c14-13(15,16)11(7-24(18,19)20)23-12(17)8-2-1-3-9(4-8)21-5-10-6-22-10/h8-11H,1-7H2,(H,18,19,20). The van der Waals surface area contributed by atoms with E-state index in [9.17, 15) is 26.4 Å². The minimum atomic E-state index is -5.08. The number of rotatable bonds is 7. The van der Waals surface area contributed by atoms with Gasteiger partial charge in [-0.1, -0.05) is 6.42 Å². The zero-order valence-electron chi connectivity index (χ0n) is 12.7. The SMILES string of the molecule is O=C(OC(CS(=O)(=O)O)C(F)(F)F)C1CCCC(OCC2CO2)C1. The van der Waals surface area contributed by atoms with Crippen molar-refractivity contribution in [3.63, 3.8) is 0 Å². The molecule has 1 N–H and O–H groups in total. The van der Waals surface area contributed by atoms with E-state index in [1.165, 1.54) is 0 Å².